The fourth-order valence-electron chi connectivity index (χ4n) is 2.81. The van der Waals surface area contributed by atoms with Crippen molar-refractivity contribution < 1.29 is 13.4 Å². The van der Waals surface area contributed by atoms with Crippen molar-refractivity contribution >= 4 is 28.3 Å². The van der Waals surface area contributed by atoms with Gasteiger partial charge in [0.05, 0.1) is 16.6 Å². The third-order valence-electron chi connectivity index (χ3n) is 4.31. The molecule has 134 valence electrons. The first-order valence-electron chi connectivity index (χ1n) is 8.31. The van der Waals surface area contributed by atoms with Crippen LogP contribution in [0.4, 0.5) is 0 Å². The Morgan fingerprint density at radius 1 is 1.20 bits per heavy atom. The molecule has 1 aromatic heterocycles. The smallest absolute Gasteiger partial charge is 0.289 e. The van der Waals surface area contributed by atoms with Gasteiger partial charge in [-0.25, -0.2) is 0 Å². The van der Waals surface area contributed by atoms with Crippen LogP contribution in [0.25, 0.3) is 0 Å². The van der Waals surface area contributed by atoms with Crippen LogP contribution in [0.3, 0.4) is 0 Å². The molecular weight excluding hydrogens is 360 g/mol. The SMILES string of the molecule is CCN1CCN(C(=O)c2ccc(CS(=O)c3cccc(Cl)c3)o2)CC1. The summed E-state index contributed by atoms with van der Waals surface area (Å²) in [5.74, 6) is 0.962. The molecule has 0 saturated carbocycles. The topological polar surface area (TPSA) is 53.8 Å². The standard InChI is InChI=1S/C18H21ClN2O3S/c1-2-20-8-10-21(11-9-20)18(22)17-7-6-15(24-17)13-25(23)16-5-3-4-14(19)12-16/h3-7,12H,2,8-11,13H2,1H3. The van der Waals surface area contributed by atoms with Crippen LogP contribution in [0.5, 0.6) is 0 Å². The van der Waals surface area contributed by atoms with Crippen molar-refractivity contribution in [3.63, 3.8) is 0 Å². The number of rotatable bonds is 5. The Kier molecular flexibility index (Phi) is 5.93. The number of furan rings is 1. The summed E-state index contributed by atoms with van der Waals surface area (Å²) < 4.78 is 18.1. The van der Waals surface area contributed by atoms with Crippen molar-refractivity contribution in [3.8, 4) is 0 Å². The van der Waals surface area contributed by atoms with Gasteiger partial charge in [0.1, 0.15) is 5.76 Å². The minimum absolute atomic E-state index is 0.101. The number of amides is 1. The highest BCUT2D eigenvalue weighted by atomic mass is 35.5. The van der Waals surface area contributed by atoms with Gasteiger partial charge in [-0.05, 0) is 36.9 Å². The lowest BCUT2D eigenvalue weighted by Gasteiger charge is -2.33. The van der Waals surface area contributed by atoms with Gasteiger partial charge in [-0.1, -0.05) is 24.6 Å². The lowest BCUT2D eigenvalue weighted by Crippen LogP contribution is -2.48. The molecule has 3 rings (SSSR count). The Labute approximate surface area is 155 Å². The molecule has 0 spiro atoms. The van der Waals surface area contributed by atoms with Crippen LogP contribution >= 0.6 is 11.6 Å². The molecule has 2 aromatic rings. The van der Waals surface area contributed by atoms with Gasteiger partial charge in [0.2, 0.25) is 0 Å². The second-order valence-electron chi connectivity index (χ2n) is 5.94. The Morgan fingerprint density at radius 3 is 2.64 bits per heavy atom. The Bertz CT molecular complexity index is 769. The Hall–Kier alpha value is -1.63. The maximum absolute atomic E-state index is 12.5. The third kappa shape index (κ3) is 4.51. The number of hydrogen-bond donors (Lipinski definition) is 0. The molecule has 2 heterocycles. The van der Waals surface area contributed by atoms with E-state index in [4.69, 9.17) is 16.0 Å². The van der Waals surface area contributed by atoms with Crippen LogP contribution in [0.2, 0.25) is 5.02 Å². The first-order chi connectivity index (χ1) is 12.1. The van der Waals surface area contributed by atoms with E-state index < -0.39 is 10.8 Å². The minimum Gasteiger partial charge on any atom is -0.455 e. The van der Waals surface area contributed by atoms with Crippen molar-refractivity contribution in [2.45, 2.75) is 17.6 Å². The highest BCUT2D eigenvalue weighted by Gasteiger charge is 2.23. The highest BCUT2D eigenvalue weighted by Crippen LogP contribution is 2.19. The molecule has 1 aromatic carbocycles. The monoisotopic (exact) mass is 380 g/mol. The molecule has 1 fully saturated rings. The number of hydrogen-bond acceptors (Lipinski definition) is 4. The van der Waals surface area contributed by atoms with Crippen LogP contribution in [0, 0.1) is 0 Å². The quantitative estimate of drug-likeness (QED) is 0.800. The number of benzene rings is 1. The van der Waals surface area contributed by atoms with Gasteiger partial charge >= 0.3 is 0 Å². The van der Waals surface area contributed by atoms with Crippen molar-refractivity contribution in [3.05, 3.63) is 52.9 Å². The number of carbonyl (C=O) groups excluding carboxylic acids is 1. The zero-order valence-corrected chi connectivity index (χ0v) is 15.7. The second-order valence-corrected chi connectivity index (χ2v) is 7.83. The summed E-state index contributed by atoms with van der Waals surface area (Å²) in [6.45, 7) is 6.30. The molecule has 1 aliphatic heterocycles. The first kappa shape index (κ1) is 18.2. The Morgan fingerprint density at radius 2 is 1.96 bits per heavy atom. The molecule has 1 aliphatic rings. The predicted molar refractivity (Wildman–Crippen MR) is 98.3 cm³/mol. The molecule has 1 atom stereocenters. The van der Waals surface area contributed by atoms with Gasteiger partial charge in [0, 0.05) is 36.1 Å². The molecule has 1 amide bonds. The van der Waals surface area contributed by atoms with Gasteiger partial charge < -0.3 is 14.2 Å². The van der Waals surface area contributed by atoms with E-state index in [-0.39, 0.29) is 11.7 Å². The van der Waals surface area contributed by atoms with Gasteiger partial charge in [-0.15, -0.1) is 0 Å². The van der Waals surface area contributed by atoms with Crippen LogP contribution < -0.4 is 0 Å². The second kappa shape index (κ2) is 8.17. The summed E-state index contributed by atoms with van der Waals surface area (Å²) in [7, 11) is -1.27. The molecular formula is C18H21ClN2O3S. The number of carbonyl (C=O) groups is 1. The van der Waals surface area contributed by atoms with Crippen molar-refractivity contribution in [1.29, 1.82) is 0 Å². The van der Waals surface area contributed by atoms with Crippen molar-refractivity contribution in [2.24, 2.45) is 0 Å². The minimum atomic E-state index is -1.27. The lowest BCUT2D eigenvalue weighted by atomic mass is 10.3. The van der Waals surface area contributed by atoms with Crippen molar-refractivity contribution in [1.82, 2.24) is 9.80 Å². The fourth-order valence-corrected chi connectivity index (χ4v) is 4.14. The van der Waals surface area contributed by atoms with Gasteiger partial charge in [-0.3, -0.25) is 9.00 Å². The van der Waals surface area contributed by atoms with E-state index in [0.717, 1.165) is 19.6 Å². The van der Waals surface area contributed by atoms with Crippen LogP contribution in [-0.4, -0.2) is 52.6 Å². The van der Waals surface area contributed by atoms with Crippen LogP contribution in [0.15, 0.2) is 45.7 Å². The summed E-state index contributed by atoms with van der Waals surface area (Å²) in [5.41, 5.74) is 0. The predicted octanol–water partition coefficient (Wildman–Crippen LogP) is 3.02. The Balaban J connectivity index is 1.62. The van der Waals surface area contributed by atoms with Crippen LogP contribution in [-0.2, 0) is 16.6 Å². The molecule has 25 heavy (non-hydrogen) atoms. The molecule has 1 saturated heterocycles. The lowest BCUT2D eigenvalue weighted by molar-refractivity contribution is 0.0611. The van der Waals surface area contributed by atoms with E-state index in [0.29, 0.717) is 34.5 Å². The average molecular weight is 381 g/mol. The van der Waals surface area contributed by atoms with Gasteiger partial charge in [0.25, 0.3) is 5.91 Å². The van der Waals surface area contributed by atoms with Crippen LogP contribution in [0.1, 0.15) is 23.2 Å². The van der Waals surface area contributed by atoms with E-state index in [1.54, 1.807) is 36.4 Å². The van der Waals surface area contributed by atoms with E-state index in [2.05, 4.69) is 11.8 Å². The largest absolute Gasteiger partial charge is 0.455 e. The van der Waals surface area contributed by atoms with Gasteiger partial charge in [-0.2, -0.15) is 0 Å². The van der Waals surface area contributed by atoms with E-state index in [1.165, 1.54) is 0 Å². The molecule has 5 nitrogen and oxygen atoms in total. The van der Waals surface area contributed by atoms with E-state index in [1.807, 2.05) is 4.90 Å². The summed E-state index contributed by atoms with van der Waals surface area (Å²) in [5, 5.41) is 0.549. The maximum Gasteiger partial charge on any atom is 0.289 e. The van der Waals surface area contributed by atoms with E-state index >= 15 is 0 Å². The summed E-state index contributed by atoms with van der Waals surface area (Å²) in [6, 6.07) is 10.3. The van der Waals surface area contributed by atoms with E-state index in [9.17, 15) is 9.00 Å². The normalized spacial score (nSPS) is 16.8. The average Bonchev–Trinajstić information content (AvgIpc) is 3.09. The first-order valence-corrected chi connectivity index (χ1v) is 10.0. The number of likely N-dealkylation sites (N-methyl/N-ethyl adjacent to an activating group) is 1. The molecule has 7 heteroatoms. The molecule has 0 aliphatic carbocycles. The zero-order chi connectivity index (χ0) is 17.8. The third-order valence-corrected chi connectivity index (χ3v) is 5.87. The summed E-state index contributed by atoms with van der Waals surface area (Å²) in [4.78, 5) is 17.3. The zero-order valence-electron chi connectivity index (χ0n) is 14.1. The van der Waals surface area contributed by atoms with Gasteiger partial charge in [0.15, 0.2) is 5.76 Å². The molecule has 0 radical (unpaired) electrons. The molecule has 0 N–H and O–H groups in total. The maximum atomic E-state index is 12.5. The molecule has 0 bridgehead atoms. The summed E-state index contributed by atoms with van der Waals surface area (Å²) >= 11 is 5.93. The fraction of sp³-hybridized carbons (Fsp3) is 0.389. The number of halogens is 1. The summed E-state index contributed by atoms with van der Waals surface area (Å²) in [6.07, 6.45) is 0. The van der Waals surface area contributed by atoms with Crippen molar-refractivity contribution in [2.75, 3.05) is 32.7 Å². The highest BCUT2D eigenvalue weighted by molar-refractivity contribution is 7.84. The number of nitrogens with zero attached hydrogens (tertiary/aromatic N) is 2. The number of piperazine rings is 1. The molecule has 1 unspecified atom stereocenters.